The van der Waals surface area contributed by atoms with E-state index < -0.39 is 0 Å². The topological polar surface area (TPSA) is 39.1 Å². The van der Waals surface area contributed by atoms with Gasteiger partial charge in [0.05, 0.1) is 19.0 Å². The third-order valence-corrected chi connectivity index (χ3v) is 3.73. The van der Waals surface area contributed by atoms with Crippen molar-refractivity contribution in [2.45, 2.75) is 32.2 Å². The molecule has 0 amide bonds. The molecule has 0 radical (unpaired) electrons. The van der Waals surface area contributed by atoms with Crippen molar-refractivity contribution in [3.05, 3.63) is 47.8 Å². The van der Waals surface area contributed by atoms with Crippen LogP contribution in [0.1, 0.15) is 30.5 Å². The Kier molecular flexibility index (Phi) is 5.81. The number of nitrogens with one attached hydrogen (secondary N) is 1. The Balaban J connectivity index is 2.26. The maximum absolute atomic E-state index is 5.48. The molecule has 114 valence electrons. The van der Waals surface area contributed by atoms with Crippen LogP contribution in [0.2, 0.25) is 0 Å². The molecule has 1 unspecified atom stereocenters. The van der Waals surface area contributed by atoms with Crippen molar-refractivity contribution < 1.29 is 4.74 Å². The van der Waals surface area contributed by atoms with Gasteiger partial charge in [-0.3, -0.25) is 4.68 Å². The number of rotatable bonds is 8. The quantitative estimate of drug-likeness (QED) is 0.811. The molecule has 0 bridgehead atoms. The van der Waals surface area contributed by atoms with Gasteiger partial charge in [-0.05, 0) is 19.0 Å². The molecule has 0 aliphatic carbocycles. The lowest BCUT2D eigenvalue weighted by molar-refractivity contribution is 0.403. The molecule has 1 aromatic carbocycles. The molecule has 4 nitrogen and oxygen atoms in total. The average molecular weight is 287 g/mol. The van der Waals surface area contributed by atoms with Crippen molar-refractivity contribution in [3.63, 3.8) is 0 Å². The van der Waals surface area contributed by atoms with E-state index in [0.717, 1.165) is 31.7 Å². The van der Waals surface area contributed by atoms with E-state index in [1.165, 1.54) is 11.3 Å². The summed E-state index contributed by atoms with van der Waals surface area (Å²) in [6.45, 7) is 4.03. The highest BCUT2D eigenvalue weighted by Gasteiger charge is 2.18. The van der Waals surface area contributed by atoms with Gasteiger partial charge in [-0.25, -0.2) is 0 Å². The molecule has 4 heteroatoms. The second-order valence-corrected chi connectivity index (χ2v) is 5.25. The zero-order valence-corrected chi connectivity index (χ0v) is 13.2. The molecular weight excluding hydrogens is 262 g/mol. The van der Waals surface area contributed by atoms with Crippen LogP contribution >= 0.6 is 0 Å². The van der Waals surface area contributed by atoms with E-state index in [4.69, 9.17) is 4.74 Å². The smallest absolute Gasteiger partial charge is 0.159 e. The predicted octanol–water partition coefficient (Wildman–Crippen LogP) is 2.85. The van der Waals surface area contributed by atoms with Gasteiger partial charge in [-0.1, -0.05) is 37.3 Å². The molecule has 1 atom stereocenters. The second-order valence-electron chi connectivity index (χ2n) is 5.25. The first-order valence-corrected chi connectivity index (χ1v) is 7.58. The number of methoxy groups -OCH3 is 1. The number of likely N-dealkylation sites (N-methyl/N-ethyl adjacent to an activating group) is 1. The lowest BCUT2D eigenvalue weighted by Crippen LogP contribution is -2.21. The summed E-state index contributed by atoms with van der Waals surface area (Å²) in [7, 11) is 3.71. The summed E-state index contributed by atoms with van der Waals surface area (Å²) in [5, 5.41) is 7.75. The summed E-state index contributed by atoms with van der Waals surface area (Å²) in [5.74, 6) is 1.30. The zero-order valence-electron chi connectivity index (χ0n) is 13.2. The zero-order chi connectivity index (χ0) is 15.1. The molecule has 0 fully saturated rings. The van der Waals surface area contributed by atoms with Crippen LogP contribution in [0.15, 0.2) is 36.5 Å². The molecule has 0 saturated heterocycles. The molecule has 0 spiro atoms. The van der Waals surface area contributed by atoms with Crippen molar-refractivity contribution in [1.29, 1.82) is 0 Å². The largest absolute Gasteiger partial charge is 0.493 e. The lowest BCUT2D eigenvalue weighted by atomic mass is 9.94. The summed E-state index contributed by atoms with van der Waals surface area (Å²) in [5.41, 5.74) is 2.53. The SMILES string of the molecule is CCCn1ncc(OC)c1CC(CNC)c1ccccc1. The van der Waals surface area contributed by atoms with Crippen LogP contribution in [0.25, 0.3) is 0 Å². The molecular formula is C17H25N3O. The van der Waals surface area contributed by atoms with E-state index in [-0.39, 0.29) is 0 Å². The normalized spacial score (nSPS) is 12.3. The summed E-state index contributed by atoms with van der Waals surface area (Å²) < 4.78 is 7.56. The highest BCUT2D eigenvalue weighted by molar-refractivity contribution is 5.29. The third-order valence-electron chi connectivity index (χ3n) is 3.73. The van der Waals surface area contributed by atoms with Crippen LogP contribution in [0.4, 0.5) is 0 Å². The fourth-order valence-electron chi connectivity index (χ4n) is 2.69. The Morgan fingerprint density at radius 3 is 2.67 bits per heavy atom. The van der Waals surface area contributed by atoms with Crippen molar-refractivity contribution in [2.75, 3.05) is 20.7 Å². The van der Waals surface area contributed by atoms with Crippen molar-refractivity contribution in [1.82, 2.24) is 15.1 Å². The fourth-order valence-corrected chi connectivity index (χ4v) is 2.69. The molecule has 0 aliphatic heterocycles. The third kappa shape index (κ3) is 3.85. The number of aryl methyl sites for hydroxylation is 1. The summed E-state index contributed by atoms with van der Waals surface area (Å²) in [6.07, 6.45) is 3.82. The van der Waals surface area contributed by atoms with E-state index in [0.29, 0.717) is 5.92 Å². The first-order chi connectivity index (χ1) is 10.3. The van der Waals surface area contributed by atoms with Gasteiger partial charge in [0.25, 0.3) is 0 Å². The van der Waals surface area contributed by atoms with Gasteiger partial charge in [0.1, 0.15) is 0 Å². The van der Waals surface area contributed by atoms with Crippen molar-refractivity contribution in [3.8, 4) is 5.75 Å². The van der Waals surface area contributed by atoms with Crippen LogP contribution in [0.3, 0.4) is 0 Å². The number of hydrogen-bond donors (Lipinski definition) is 1. The number of ether oxygens (including phenoxy) is 1. The highest BCUT2D eigenvalue weighted by Crippen LogP contribution is 2.26. The summed E-state index contributed by atoms with van der Waals surface area (Å²) in [4.78, 5) is 0. The minimum atomic E-state index is 0.414. The van der Waals surface area contributed by atoms with Gasteiger partial charge >= 0.3 is 0 Å². The van der Waals surface area contributed by atoms with E-state index in [2.05, 4.69) is 52.4 Å². The van der Waals surface area contributed by atoms with Crippen LogP contribution in [-0.2, 0) is 13.0 Å². The first-order valence-electron chi connectivity index (χ1n) is 7.58. The molecule has 1 N–H and O–H groups in total. The molecule has 2 rings (SSSR count). The maximum Gasteiger partial charge on any atom is 0.159 e. The Morgan fingerprint density at radius 2 is 2.05 bits per heavy atom. The Bertz CT molecular complexity index is 536. The minimum absolute atomic E-state index is 0.414. The van der Waals surface area contributed by atoms with Gasteiger partial charge in [-0.2, -0.15) is 5.10 Å². The van der Waals surface area contributed by atoms with E-state index in [9.17, 15) is 0 Å². The van der Waals surface area contributed by atoms with Crippen LogP contribution in [0, 0.1) is 0 Å². The molecule has 1 heterocycles. The number of benzene rings is 1. The van der Waals surface area contributed by atoms with Gasteiger partial charge < -0.3 is 10.1 Å². The van der Waals surface area contributed by atoms with Crippen molar-refractivity contribution >= 4 is 0 Å². The maximum atomic E-state index is 5.48. The Morgan fingerprint density at radius 1 is 1.29 bits per heavy atom. The molecule has 2 aromatic rings. The highest BCUT2D eigenvalue weighted by atomic mass is 16.5. The lowest BCUT2D eigenvalue weighted by Gasteiger charge is -2.18. The Hall–Kier alpha value is -1.81. The number of nitrogens with zero attached hydrogens (tertiary/aromatic N) is 2. The average Bonchev–Trinajstić information content (AvgIpc) is 2.90. The van der Waals surface area contributed by atoms with Crippen molar-refractivity contribution in [2.24, 2.45) is 0 Å². The van der Waals surface area contributed by atoms with Gasteiger partial charge in [0, 0.05) is 25.4 Å². The molecule has 0 saturated carbocycles. The predicted molar refractivity (Wildman–Crippen MR) is 85.9 cm³/mol. The van der Waals surface area contributed by atoms with E-state index >= 15 is 0 Å². The fraction of sp³-hybridized carbons (Fsp3) is 0.471. The monoisotopic (exact) mass is 287 g/mol. The van der Waals surface area contributed by atoms with Crippen LogP contribution in [-0.4, -0.2) is 30.5 Å². The van der Waals surface area contributed by atoms with E-state index in [1.54, 1.807) is 7.11 Å². The second kappa shape index (κ2) is 7.84. The minimum Gasteiger partial charge on any atom is -0.493 e. The summed E-state index contributed by atoms with van der Waals surface area (Å²) in [6, 6.07) is 10.6. The van der Waals surface area contributed by atoms with Gasteiger partial charge in [0.15, 0.2) is 5.75 Å². The number of aromatic nitrogens is 2. The van der Waals surface area contributed by atoms with Crippen LogP contribution < -0.4 is 10.1 Å². The standard InChI is InChI=1S/C17H25N3O/c1-4-10-20-16(17(21-3)13-19-20)11-15(12-18-2)14-8-6-5-7-9-14/h5-9,13,15,18H,4,10-12H2,1-3H3. The molecule has 1 aromatic heterocycles. The van der Waals surface area contributed by atoms with Crippen LogP contribution in [0.5, 0.6) is 5.75 Å². The first kappa shape index (κ1) is 15.6. The van der Waals surface area contributed by atoms with Gasteiger partial charge in [0.2, 0.25) is 0 Å². The number of hydrogen-bond acceptors (Lipinski definition) is 3. The molecule has 0 aliphatic rings. The summed E-state index contributed by atoms with van der Waals surface area (Å²) >= 11 is 0. The van der Waals surface area contributed by atoms with E-state index in [1.807, 2.05) is 13.2 Å². The Labute approximate surface area is 127 Å². The van der Waals surface area contributed by atoms with Gasteiger partial charge in [-0.15, -0.1) is 0 Å². The molecule has 21 heavy (non-hydrogen) atoms.